The quantitative estimate of drug-likeness (QED) is 0.550. The molecule has 0 bridgehead atoms. The lowest BCUT2D eigenvalue weighted by Crippen LogP contribution is -1.89. The second kappa shape index (κ2) is 5.48. The molecule has 3 nitrogen and oxygen atoms in total. The molecule has 3 rings (SSSR count). The van der Waals surface area contributed by atoms with Crippen LogP contribution in [0.3, 0.4) is 0 Å². The predicted octanol–water partition coefficient (Wildman–Crippen LogP) is 4.67. The van der Waals surface area contributed by atoms with E-state index in [1.165, 1.54) is 18.1 Å². The van der Waals surface area contributed by atoms with Crippen molar-refractivity contribution in [3.8, 4) is 0 Å². The maximum atomic E-state index is 6.02. The second-order valence-electron chi connectivity index (χ2n) is 4.13. The van der Waals surface area contributed by atoms with Crippen molar-refractivity contribution in [1.82, 2.24) is 9.97 Å². The molecular formula is C14H9Cl2N3S. The minimum Gasteiger partial charge on any atom is -0.399 e. The number of nitrogens with two attached hydrogens (primary N) is 1. The standard InChI is InChI=1S/C14H9Cl2N3S/c15-11-4-2-9(6-12(11)16)20-14-10-3-1-8(17)5-13(10)18-7-19-14/h1-7H,17H2. The van der Waals surface area contributed by atoms with E-state index in [0.29, 0.717) is 15.7 Å². The maximum Gasteiger partial charge on any atom is 0.117 e. The van der Waals surface area contributed by atoms with Gasteiger partial charge in [0.1, 0.15) is 11.4 Å². The summed E-state index contributed by atoms with van der Waals surface area (Å²) < 4.78 is 0. The van der Waals surface area contributed by atoms with Crippen molar-refractivity contribution in [3.05, 3.63) is 52.8 Å². The molecule has 1 heterocycles. The molecule has 0 aliphatic heterocycles. The Morgan fingerprint density at radius 1 is 0.950 bits per heavy atom. The Morgan fingerprint density at radius 2 is 1.80 bits per heavy atom. The number of anilines is 1. The van der Waals surface area contributed by atoms with Gasteiger partial charge in [0, 0.05) is 16.0 Å². The number of nitrogens with zero attached hydrogens (tertiary/aromatic N) is 2. The van der Waals surface area contributed by atoms with E-state index in [-0.39, 0.29) is 0 Å². The molecule has 0 atom stereocenters. The normalized spacial score (nSPS) is 10.9. The number of aromatic nitrogens is 2. The van der Waals surface area contributed by atoms with Crippen LogP contribution in [0.5, 0.6) is 0 Å². The molecule has 0 aliphatic carbocycles. The summed E-state index contributed by atoms with van der Waals surface area (Å²) in [7, 11) is 0. The zero-order valence-electron chi connectivity index (χ0n) is 10.2. The summed E-state index contributed by atoms with van der Waals surface area (Å²) in [5, 5.41) is 2.88. The van der Waals surface area contributed by atoms with Gasteiger partial charge in [-0.3, -0.25) is 0 Å². The monoisotopic (exact) mass is 321 g/mol. The molecule has 0 amide bonds. The minimum atomic E-state index is 0.527. The number of benzene rings is 2. The third kappa shape index (κ3) is 2.68. The molecule has 0 saturated carbocycles. The van der Waals surface area contributed by atoms with Crippen LogP contribution in [-0.2, 0) is 0 Å². The Balaban J connectivity index is 2.04. The summed E-state index contributed by atoms with van der Waals surface area (Å²) >= 11 is 13.5. The van der Waals surface area contributed by atoms with Gasteiger partial charge in [-0.25, -0.2) is 9.97 Å². The van der Waals surface area contributed by atoms with Crippen molar-refractivity contribution in [3.63, 3.8) is 0 Å². The number of hydrogen-bond donors (Lipinski definition) is 1. The SMILES string of the molecule is Nc1ccc2c(Sc3ccc(Cl)c(Cl)c3)ncnc2c1. The molecule has 2 N–H and O–H groups in total. The first-order chi connectivity index (χ1) is 9.63. The predicted molar refractivity (Wildman–Crippen MR) is 84.5 cm³/mol. The molecule has 2 aromatic carbocycles. The van der Waals surface area contributed by atoms with E-state index in [2.05, 4.69) is 9.97 Å². The van der Waals surface area contributed by atoms with Gasteiger partial charge in [0.2, 0.25) is 0 Å². The summed E-state index contributed by atoms with van der Waals surface area (Å²) in [5.74, 6) is 0. The third-order valence-electron chi connectivity index (χ3n) is 2.73. The Bertz CT molecular complexity index is 792. The molecule has 0 unspecified atom stereocenters. The van der Waals surface area contributed by atoms with Gasteiger partial charge >= 0.3 is 0 Å². The highest BCUT2D eigenvalue weighted by molar-refractivity contribution is 7.99. The molecular weight excluding hydrogens is 313 g/mol. The van der Waals surface area contributed by atoms with Crippen LogP contribution < -0.4 is 5.73 Å². The largest absolute Gasteiger partial charge is 0.399 e. The molecule has 0 radical (unpaired) electrons. The Kier molecular flexibility index (Phi) is 3.70. The van der Waals surface area contributed by atoms with E-state index in [1.54, 1.807) is 6.07 Å². The molecule has 0 fully saturated rings. The molecule has 6 heteroatoms. The molecule has 0 saturated heterocycles. The third-order valence-corrected chi connectivity index (χ3v) is 4.48. The zero-order chi connectivity index (χ0) is 14.1. The Labute approximate surface area is 130 Å². The first-order valence-electron chi connectivity index (χ1n) is 5.76. The van der Waals surface area contributed by atoms with Crippen LogP contribution in [-0.4, -0.2) is 9.97 Å². The lowest BCUT2D eigenvalue weighted by atomic mass is 10.2. The van der Waals surface area contributed by atoms with E-state index in [0.717, 1.165) is 20.8 Å². The van der Waals surface area contributed by atoms with Gasteiger partial charge in [-0.1, -0.05) is 35.0 Å². The lowest BCUT2D eigenvalue weighted by Gasteiger charge is -2.06. The fourth-order valence-electron chi connectivity index (χ4n) is 1.78. The first kappa shape index (κ1) is 13.5. The van der Waals surface area contributed by atoms with E-state index in [9.17, 15) is 0 Å². The summed E-state index contributed by atoms with van der Waals surface area (Å²) in [5.41, 5.74) is 7.27. The van der Waals surface area contributed by atoms with Crippen molar-refractivity contribution in [1.29, 1.82) is 0 Å². The molecule has 1 aromatic heterocycles. The fraction of sp³-hybridized carbons (Fsp3) is 0. The minimum absolute atomic E-state index is 0.527. The van der Waals surface area contributed by atoms with Gasteiger partial charge in [0.15, 0.2) is 0 Å². The molecule has 20 heavy (non-hydrogen) atoms. The van der Waals surface area contributed by atoms with E-state index in [1.807, 2.05) is 30.3 Å². The Morgan fingerprint density at radius 3 is 2.60 bits per heavy atom. The van der Waals surface area contributed by atoms with Gasteiger partial charge in [-0.2, -0.15) is 0 Å². The van der Waals surface area contributed by atoms with Crippen LogP contribution in [0.15, 0.2) is 52.6 Å². The highest BCUT2D eigenvalue weighted by Gasteiger charge is 2.07. The topological polar surface area (TPSA) is 51.8 Å². The second-order valence-corrected chi connectivity index (χ2v) is 6.01. The molecule has 0 spiro atoms. The van der Waals surface area contributed by atoms with Crippen LogP contribution in [0.2, 0.25) is 10.0 Å². The number of hydrogen-bond acceptors (Lipinski definition) is 4. The first-order valence-corrected chi connectivity index (χ1v) is 7.34. The van der Waals surface area contributed by atoms with Gasteiger partial charge in [-0.05, 0) is 36.4 Å². The number of rotatable bonds is 2. The van der Waals surface area contributed by atoms with E-state index < -0.39 is 0 Å². The molecule has 0 aliphatic rings. The summed E-state index contributed by atoms with van der Waals surface area (Å²) in [6.07, 6.45) is 1.53. The van der Waals surface area contributed by atoms with Gasteiger partial charge < -0.3 is 5.73 Å². The van der Waals surface area contributed by atoms with Crippen molar-refractivity contribution in [2.45, 2.75) is 9.92 Å². The summed E-state index contributed by atoms with van der Waals surface area (Å²) in [6, 6.07) is 11.1. The van der Waals surface area contributed by atoms with Crippen molar-refractivity contribution >= 4 is 51.6 Å². The average Bonchev–Trinajstić information content (AvgIpc) is 2.43. The molecule has 100 valence electrons. The van der Waals surface area contributed by atoms with Gasteiger partial charge in [0.25, 0.3) is 0 Å². The highest BCUT2D eigenvalue weighted by Crippen LogP contribution is 2.34. The van der Waals surface area contributed by atoms with Crippen LogP contribution in [0, 0.1) is 0 Å². The van der Waals surface area contributed by atoms with Crippen LogP contribution in [0.25, 0.3) is 10.9 Å². The lowest BCUT2D eigenvalue weighted by molar-refractivity contribution is 1.10. The fourth-order valence-corrected chi connectivity index (χ4v) is 3.06. The zero-order valence-corrected chi connectivity index (χ0v) is 12.5. The summed E-state index contributed by atoms with van der Waals surface area (Å²) in [4.78, 5) is 9.51. The van der Waals surface area contributed by atoms with Crippen molar-refractivity contribution in [2.24, 2.45) is 0 Å². The van der Waals surface area contributed by atoms with E-state index in [4.69, 9.17) is 28.9 Å². The maximum absolute atomic E-state index is 6.02. The van der Waals surface area contributed by atoms with Crippen molar-refractivity contribution < 1.29 is 0 Å². The number of nitrogen functional groups attached to an aromatic ring is 1. The highest BCUT2D eigenvalue weighted by atomic mass is 35.5. The number of fused-ring (bicyclic) bond motifs is 1. The van der Waals surface area contributed by atoms with Crippen LogP contribution in [0.1, 0.15) is 0 Å². The molecule has 3 aromatic rings. The van der Waals surface area contributed by atoms with Crippen LogP contribution in [0.4, 0.5) is 5.69 Å². The average molecular weight is 322 g/mol. The van der Waals surface area contributed by atoms with Gasteiger partial charge in [-0.15, -0.1) is 0 Å². The Hall–Kier alpha value is -1.49. The van der Waals surface area contributed by atoms with Gasteiger partial charge in [0.05, 0.1) is 15.6 Å². The van der Waals surface area contributed by atoms with E-state index >= 15 is 0 Å². The van der Waals surface area contributed by atoms with Crippen molar-refractivity contribution in [2.75, 3.05) is 5.73 Å². The number of halogens is 2. The van der Waals surface area contributed by atoms with Crippen LogP contribution >= 0.6 is 35.0 Å². The smallest absolute Gasteiger partial charge is 0.117 e. The summed E-state index contributed by atoms with van der Waals surface area (Å²) in [6.45, 7) is 0.